The molecule has 2 unspecified atom stereocenters. The van der Waals surface area contributed by atoms with Gasteiger partial charge in [0.25, 0.3) is 5.95 Å². The van der Waals surface area contributed by atoms with Gasteiger partial charge in [-0.05, 0) is 19.4 Å². The molecule has 0 amide bonds. The van der Waals surface area contributed by atoms with Crippen molar-refractivity contribution in [3.05, 3.63) is 12.5 Å². The van der Waals surface area contributed by atoms with Crippen LogP contribution in [0.4, 0.5) is 4.79 Å². The van der Waals surface area contributed by atoms with Crippen LogP contribution in [0.1, 0.15) is 25.7 Å². The lowest BCUT2D eigenvalue weighted by atomic mass is 10.2. The Bertz CT molecular complexity index is 324. The van der Waals surface area contributed by atoms with Crippen molar-refractivity contribution in [3.8, 4) is 0 Å². The van der Waals surface area contributed by atoms with E-state index in [1.165, 1.54) is 0 Å². The maximum atomic E-state index is 10.7. The molecular weight excluding hydrogens is 292 g/mol. The second-order valence-electron chi connectivity index (χ2n) is 5.29. The number of unbranched alkanes of at least 4 members (excludes halogenated alkanes) is 3. The standard InChI is InChI=1S/C15H24O7/c1-12-19-10-13(21-12)8-17-6-4-2-3-5-7-18-9-14-11-20-15(16)22-14/h13-14H,1-11H2. The third-order valence-electron chi connectivity index (χ3n) is 3.31. The van der Waals surface area contributed by atoms with E-state index in [2.05, 4.69) is 11.3 Å². The molecule has 2 aliphatic heterocycles. The maximum Gasteiger partial charge on any atom is 0.508 e. The first-order valence-corrected chi connectivity index (χ1v) is 7.71. The van der Waals surface area contributed by atoms with Crippen LogP contribution in [0.25, 0.3) is 0 Å². The fraction of sp³-hybridized carbons (Fsp3) is 0.800. The van der Waals surface area contributed by atoms with E-state index in [-0.39, 0.29) is 12.2 Å². The molecule has 0 saturated carbocycles. The van der Waals surface area contributed by atoms with Crippen molar-refractivity contribution in [1.29, 1.82) is 0 Å². The highest BCUT2D eigenvalue weighted by Gasteiger charge is 2.24. The van der Waals surface area contributed by atoms with Crippen LogP contribution < -0.4 is 0 Å². The summed E-state index contributed by atoms with van der Waals surface area (Å²) < 4.78 is 30.9. The summed E-state index contributed by atoms with van der Waals surface area (Å²) in [5.41, 5.74) is 0. The maximum absolute atomic E-state index is 10.7. The van der Waals surface area contributed by atoms with Gasteiger partial charge in [0.05, 0.1) is 13.2 Å². The van der Waals surface area contributed by atoms with Crippen molar-refractivity contribution in [1.82, 2.24) is 0 Å². The molecule has 2 heterocycles. The van der Waals surface area contributed by atoms with Gasteiger partial charge in [-0.25, -0.2) is 4.79 Å². The highest BCUT2D eigenvalue weighted by molar-refractivity contribution is 5.61. The second kappa shape index (κ2) is 9.53. The van der Waals surface area contributed by atoms with Gasteiger partial charge in [-0.2, -0.15) is 0 Å². The van der Waals surface area contributed by atoms with Crippen molar-refractivity contribution in [2.75, 3.05) is 39.6 Å². The number of carbonyl (C=O) groups is 1. The van der Waals surface area contributed by atoms with E-state index in [1.54, 1.807) is 0 Å². The molecule has 0 aromatic heterocycles. The van der Waals surface area contributed by atoms with Crippen molar-refractivity contribution >= 4 is 6.16 Å². The lowest BCUT2D eigenvalue weighted by Crippen LogP contribution is -2.18. The van der Waals surface area contributed by atoms with Crippen LogP contribution in [0.2, 0.25) is 0 Å². The molecule has 0 aliphatic carbocycles. The van der Waals surface area contributed by atoms with Gasteiger partial charge in [0.2, 0.25) is 0 Å². The molecule has 2 aliphatic rings. The Morgan fingerprint density at radius 1 is 0.909 bits per heavy atom. The van der Waals surface area contributed by atoms with Crippen LogP contribution in [0.5, 0.6) is 0 Å². The average molecular weight is 316 g/mol. The molecule has 0 radical (unpaired) electrons. The minimum atomic E-state index is -0.604. The van der Waals surface area contributed by atoms with Gasteiger partial charge in [-0.3, -0.25) is 0 Å². The lowest BCUT2D eigenvalue weighted by Gasteiger charge is -2.09. The summed E-state index contributed by atoms with van der Waals surface area (Å²) in [5.74, 6) is 0.382. The summed E-state index contributed by atoms with van der Waals surface area (Å²) in [6.45, 7) is 6.75. The first kappa shape index (κ1) is 16.9. The SMILES string of the molecule is C=C1OCC(COCCCCCCOCC2COC(=O)O2)O1. The zero-order valence-corrected chi connectivity index (χ0v) is 12.8. The van der Waals surface area contributed by atoms with E-state index in [9.17, 15) is 4.79 Å². The van der Waals surface area contributed by atoms with Gasteiger partial charge < -0.3 is 28.4 Å². The van der Waals surface area contributed by atoms with E-state index in [0.29, 0.717) is 39.0 Å². The zero-order valence-electron chi connectivity index (χ0n) is 12.8. The molecule has 7 nitrogen and oxygen atoms in total. The molecule has 0 N–H and O–H groups in total. The average Bonchev–Trinajstić information content (AvgIpc) is 3.09. The number of hydrogen-bond acceptors (Lipinski definition) is 7. The minimum Gasteiger partial charge on any atom is -0.462 e. The quantitative estimate of drug-likeness (QED) is 0.426. The van der Waals surface area contributed by atoms with E-state index in [0.717, 1.165) is 32.3 Å². The van der Waals surface area contributed by atoms with Crippen LogP contribution in [0.3, 0.4) is 0 Å². The van der Waals surface area contributed by atoms with Gasteiger partial charge in [-0.1, -0.05) is 12.8 Å². The molecule has 0 aromatic rings. The fourth-order valence-corrected chi connectivity index (χ4v) is 2.16. The Morgan fingerprint density at radius 2 is 1.50 bits per heavy atom. The van der Waals surface area contributed by atoms with Gasteiger partial charge in [0, 0.05) is 13.2 Å². The molecule has 2 rings (SSSR count). The first-order chi connectivity index (χ1) is 10.7. The monoisotopic (exact) mass is 316 g/mol. The predicted molar refractivity (Wildman–Crippen MR) is 76.3 cm³/mol. The van der Waals surface area contributed by atoms with Crippen LogP contribution in [-0.4, -0.2) is 58.0 Å². The number of ether oxygens (including phenoxy) is 6. The molecule has 22 heavy (non-hydrogen) atoms. The van der Waals surface area contributed by atoms with E-state index >= 15 is 0 Å². The molecule has 7 heteroatoms. The van der Waals surface area contributed by atoms with Crippen LogP contribution >= 0.6 is 0 Å². The normalized spacial score (nSPS) is 23.8. The summed E-state index contributed by atoms with van der Waals surface area (Å²) in [5, 5.41) is 0. The van der Waals surface area contributed by atoms with Gasteiger partial charge in [0.1, 0.15) is 13.2 Å². The Hall–Kier alpha value is -1.47. The molecular formula is C15H24O7. The van der Waals surface area contributed by atoms with Gasteiger partial charge in [-0.15, -0.1) is 0 Å². The van der Waals surface area contributed by atoms with Crippen LogP contribution in [-0.2, 0) is 28.4 Å². The highest BCUT2D eigenvalue weighted by atomic mass is 16.8. The third-order valence-corrected chi connectivity index (χ3v) is 3.31. The Labute approximate surface area is 130 Å². The lowest BCUT2D eigenvalue weighted by molar-refractivity contribution is 0.0378. The van der Waals surface area contributed by atoms with Crippen LogP contribution in [0, 0.1) is 0 Å². The highest BCUT2D eigenvalue weighted by Crippen LogP contribution is 2.13. The molecule has 0 spiro atoms. The van der Waals surface area contributed by atoms with E-state index in [4.69, 9.17) is 23.7 Å². The molecule has 0 bridgehead atoms. The number of hydrogen-bond donors (Lipinski definition) is 0. The summed E-state index contributed by atoms with van der Waals surface area (Å²) in [6, 6.07) is 0. The van der Waals surface area contributed by atoms with Gasteiger partial charge >= 0.3 is 6.16 Å². The topological polar surface area (TPSA) is 72.5 Å². The molecule has 126 valence electrons. The van der Waals surface area contributed by atoms with Crippen LogP contribution in [0.15, 0.2) is 12.5 Å². The van der Waals surface area contributed by atoms with E-state index in [1.807, 2.05) is 0 Å². The van der Waals surface area contributed by atoms with Crippen molar-refractivity contribution < 1.29 is 33.2 Å². The van der Waals surface area contributed by atoms with E-state index < -0.39 is 6.16 Å². The minimum absolute atomic E-state index is 0.0189. The smallest absolute Gasteiger partial charge is 0.462 e. The summed E-state index contributed by atoms with van der Waals surface area (Å²) >= 11 is 0. The summed E-state index contributed by atoms with van der Waals surface area (Å²) in [7, 11) is 0. The number of carbonyl (C=O) groups excluding carboxylic acids is 1. The number of cyclic esters (lactones) is 2. The summed E-state index contributed by atoms with van der Waals surface area (Å²) in [6.07, 6.45) is 3.31. The molecule has 0 aromatic carbocycles. The van der Waals surface area contributed by atoms with Crippen molar-refractivity contribution in [2.24, 2.45) is 0 Å². The Balaban J connectivity index is 1.30. The Kier molecular flexibility index (Phi) is 7.32. The molecule has 2 fully saturated rings. The molecule has 2 saturated heterocycles. The molecule has 2 atom stereocenters. The Morgan fingerprint density at radius 3 is 2.00 bits per heavy atom. The van der Waals surface area contributed by atoms with Crippen molar-refractivity contribution in [3.63, 3.8) is 0 Å². The predicted octanol–water partition coefficient (Wildman–Crippen LogP) is 2.00. The number of rotatable bonds is 11. The largest absolute Gasteiger partial charge is 0.508 e. The second-order valence-corrected chi connectivity index (χ2v) is 5.29. The first-order valence-electron chi connectivity index (χ1n) is 7.71. The summed E-state index contributed by atoms with van der Waals surface area (Å²) in [4.78, 5) is 10.7. The third kappa shape index (κ3) is 6.53. The van der Waals surface area contributed by atoms with Crippen molar-refractivity contribution in [2.45, 2.75) is 37.9 Å². The zero-order chi connectivity index (χ0) is 15.6. The fourth-order valence-electron chi connectivity index (χ4n) is 2.16. The van der Waals surface area contributed by atoms with Gasteiger partial charge in [0.15, 0.2) is 12.2 Å².